The van der Waals surface area contributed by atoms with Gasteiger partial charge in [0.05, 0.1) is 49.2 Å². The Bertz CT molecular complexity index is 1160. The predicted molar refractivity (Wildman–Crippen MR) is 130 cm³/mol. The number of hydrogen-bond donors (Lipinski definition) is 2. The number of aromatic nitrogens is 1. The van der Waals surface area contributed by atoms with Crippen molar-refractivity contribution in [2.45, 2.75) is 13.8 Å². The third kappa shape index (κ3) is 5.83. The van der Waals surface area contributed by atoms with Gasteiger partial charge in [-0.3, -0.25) is 14.6 Å². The van der Waals surface area contributed by atoms with Crippen molar-refractivity contribution >= 4 is 24.2 Å². The number of aryl methyl sites for hydroxylation is 2. The van der Waals surface area contributed by atoms with Crippen molar-refractivity contribution in [1.82, 2.24) is 15.8 Å². The molecule has 0 aliphatic heterocycles. The third-order valence-corrected chi connectivity index (χ3v) is 4.91. The van der Waals surface area contributed by atoms with Gasteiger partial charge >= 0.3 is 0 Å². The summed E-state index contributed by atoms with van der Waals surface area (Å²) in [6, 6.07) is 16.0. The third-order valence-electron chi connectivity index (χ3n) is 4.91. The Morgan fingerprint density at radius 1 is 0.765 bits per heavy atom. The van der Waals surface area contributed by atoms with Crippen molar-refractivity contribution in [1.29, 1.82) is 0 Å². The Hall–Kier alpha value is -4.53. The Morgan fingerprint density at radius 2 is 1.18 bits per heavy atom. The number of pyridine rings is 1. The van der Waals surface area contributed by atoms with E-state index in [1.807, 2.05) is 24.3 Å². The van der Waals surface area contributed by atoms with Gasteiger partial charge in [0, 0.05) is 11.1 Å². The van der Waals surface area contributed by atoms with Crippen molar-refractivity contribution in [2.75, 3.05) is 14.2 Å². The van der Waals surface area contributed by atoms with Crippen LogP contribution in [0.5, 0.6) is 11.5 Å². The van der Waals surface area contributed by atoms with E-state index >= 15 is 0 Å². The van der Waals surface area contributed by atoms with E-state index < -0.39 is 11.8 Å². The van der Waals surface area contributed by atoms with Gasteiger partial charge in [0.1, 0.15) is 11.5 Å². The Labute approximate surface area is 197 Å². The van der Waals surface area contributed by atoms with E-state index in [4.69, 9.17) is 9.47 Å². The van der Waals surface area contributed by atoms with Crippen molar-refractivity contribution in [3.8, 4) is 11.5 Å². The summed E-state index contributed by atoms with van der Waals surface area (Å²) in [6.07, 6.45) is 2.96. The van der Waals surface area contributed by atoms with Crippen LogP contribution in [0.2, 0.25) is 0 Å². The van der Waals surface area contributed by atoms with Crippen molar-refractivity contribution in [3.63, 3.8) is 0 Å². The molecule has 0 aliphatic rings. The highest BCUT2D eigenvalue weighted by atomic mass is 16.5. The number of ether oxygens (including phenoxy) is 2. The number of nitrogens with zero attached hydrogens (tertiary/aromatic N) is 3. The first-order valence-electron chi connectivity index (χ1n) is 10.4. The zero-order valence-electron chi connectivity index (χ0n) is 19.3. The zero-order valence-corrected chi connectivity index (χ0v) is 19.3. The fraction of sp³-hybridized carbons (Fsp3) is 0.160. The maximum atomic E-state index is 12.7. The molecule has 2 N–H and O–H groups in total. The molecule has 2 aromatic carbocycles. The number of methoxy groups -OCH3 is 2. The number of hydrogen-bond acceptors (Lipinski definition) is 7. The SMILES string of the molecule is COc1ccccc1C=NNC(=O)c1cc(C(=O)NN=Cc2ccccc2OC)c(C)nc1C. The molecule has 1 aromatic heterocycles. The van der Waals surface area contributed by atoms with Gasteiger partial charge in [-0.1, -0.05) is 24.3 Å². The lowest BCUT2D eigenvalue weighted by Crippen LogP contribution is -2.23. The second kappa shape index (κ2) is 11.4. The molecule has 3 aromatic rings. The van der Waals surface area contributed by atoms with Crippen LogP contribution in [0.25, 0.3) is 0 Å². The number of carbonyl (C=O) groups excluding carboxylic acids is 2. The number of amides is 2. The summed E-state index contributed by atoms with van der Waals surface area (Å²) >= 11 is 0. The van der Waals surface area contributed by atoms with E-state index in [-0.39, 0.29) is 11.1 Å². The van der Waals surface area contributed by atoms with Gasteiger partial charge in [0.2, 0.25) is 0 Å². The summed E-state index contributed by atoms with van der Waals surface area (Å²) in [4.78, 5) is 29.7. The highest BCUT2D eigenvalue weighted by molar-refractivity contribution is 6.01. The first-order chi connectivity index (χ1) is 16.4. The van der Waals surface area contributed by atoms with Gasteiger partial charge < -0.3 is 9.47 Å². The Balaban J connectivity index is 1.73. The van der Waals surface area contributed by atoms with E-state index in [1.54, 1.807) is 52.3 Å². The van der Waals surface area contributed by atoms with Gasteiger partial charge in [-0.25, -0.2) is 10.9 Å². The monoisotopic (exact) mass is 459 g/mol. The second-order valence-corrected chi connectivity index (χ2v) is 7.14. The second-order valence-electron chi connectivity index (χ2n) is 7.14. The quantitative estimate of drug-likeness (QED) is 0.396. The largest absolute Gasteiger partial charge is 0.496 e. The van der Waals surface area contributed by atoms with Crippen LogP contribution in [0.3, 0.4) is 0 Å². The Morgan fingerprint density at radius 3 is 1.59 bits per heavy atom. The molecule has 0 spiro atoms. The lowest BCUT2D eigenvalue weighted by molar-refractivity contribution is 0.0954. The summed E-state index contributed by atoms with van der Waals surface area (Å²) < 4.78 is 10.5. The highest BCUT2D eigenvalue weighted by Crippen LogP contribution is 2.16. The molecule has 0 saturated carbocycles. The van der Waals surface area contributed by atoms with Crippen LogP contribution < -0.4 is 20.3 Å². The minimum Gasteiger partial charge on any atom is -0.496 e. The van der Waals surface area contributed by atoms with E-state index in [2.05, 4.69) is 26.0 Å². The summed E-state index contributed by atoms with van der Waals surface area (Å²) in [6.45, 7) is 3.38. The molecule has 0 bridgehead atoms. The van der Waals surface area contributed by atoms with E-state index in [9.17, 15) is 9.59 Å². The molecule has 174 valence electrons. The topological polar surface area (TPSA) is 114 Å². The molecule has 0 radical (unpaired) electrons. The minimum absolute atomic E-state index is 0.224. The molecule has 2 amide bonds. The fourth-order valence-corrected chi connectivity index (χ4v) is 3.17. The van der Waals surface area contributed by atoms with Crippen molar-refractivity contribution in [3.05, 3.63) is 88.2 Å². The Kier molecular flexibility index (Phi) is 8.07. The summed E-state index contributed by atoms with van der Waals surface area (Å²) in [5.41, 5.74) is 7.72. The molecule has 0 saturated heterocycles. The molecule has 1 heterocycles. The fourth-order valence-electron chi connectivity index (χ4n) is 3.17. The maximum absolute atomic E-state index is 12.7. The molecule has 0 fully saturated rings. The molecule has 0 atom stereocenters. The average Bonchev–Trinajstić information content (AvgIpc) is 2.84. The van der Waals surface area contributed by atoms with Crippen LogP contribution >= 0.6 is 0 Å². The standard InChI is InChI=1S/C25H25N5O4/c1-16-20(24(31)29-26-14-18-9-5-7-11-22(18)33-3)13-21(17(2)28-16)25(32)30-27-15-19-10-6-8-12-23(19)34-4/h5-15H,1-4H3,(H,29,31)(H,30,32). The summed E-state index contributed by atoms with van der Waals surface area (Å²) in [5, 5.41) is 7.99. The number of hydrazone groups is 2. The number of rotatable bonds is 8. The van der Waals surface area contributed by atoms with Crippen LogP contribution in [0.4, 0.5) is 0 Å². The van der Waals surface area contributed by atoms with Gasteiger partial charge in [-0.05, 0) is 44.2 Å². The molecule has 34 heavy (non-hydrogen) atoms. The van der Waals surface area contributed by atoms with Gasteiger partial charge in [0.25, 0.3) is 11.8 Å². The molecule has 9 heteroatoms. The number of nitrogens with one attached hydrogen (secondary N) is 2. The normalized spacial score (nSPS) is 10.9. The summed E-state index contributed by atoms with van der Waals surface area (Å²) in [5.74, 6) is 0.257. The maximum Gasteiger partial charge on any atom is 0.273 e. The predicted octanol–water partition coefficient (Wildman–Crippen LogP) is 3.24. The lowest BCUT2D eigenvalue weighted by Gasteiger charge is -2.10. The average molecular weight is 460 g/mol. The molecule has 3 rings (SSSR count). The number of para-hydroxylation sites is 2. The minimum atomic E-state index is -0.497. The van der Waals surface area contributed by atoms with E-state index in [1.165, 1.54) is 18.5 Å². The molecular formula is C25H25N5O4. The smallest absolute Gasteiger partial charge is 0.273 e. The molecule has 9 nitrogen and oxygen atoms in total. The van der Waals surface area contributed by atoms with Crippen LogP contribution in [-0.4, -0.2) is 43.4 Å². The molecule has 0 unspecified atom stereocenters. The number of carbonyl (C=O) groups is 2. The van der Waals surface area contributed by atoms with Gasteiger partial charge in [-0.2, -0.15) is 10.2 Å². The van der Waals surface area contributed by atoms with E-state index in [0.717, 1.165) is 0 Å². The van der Waals surface area contributed by atoms with Crippen LogP contribution in [-0.2, 0) is 0 Å². The van der Waals surface area contributed by atoms with Gasteiger partial charge in [0.15, 0.2) is 0 Å². The zero-order chi connectivity index (χ0) is 24.5. The first kappa shape index (κ1) is 24.1. The highest BCUT2D eigenvalue weighted by Gasteiger charge is 2.17. The summed E-state index contributed by atoms with van der Waals surface area (Å²) in [7, 11) is 3.11. The first-order valence-corrected chi connectivity index (χ1v) is 10.4. The van der Waals surface area contributed by atoms with Crippen LogP contribution in [0, 0.1) is 13.8 Å². The van der Waals surface area contributed by atoms with E-state index in [0.29, 0.717) is 34.0 Å². The van der Waals surface area contributed by atoms with Crippen molar-refractivity contribution in [2.24, 2.45) is 10.2 Å². The van der Waals surface area contributed by atoms with Gasteiger partial charge in [-0.15, -0.1) is 0 Å². The lowest BCUT2D eigenvalue weighted by atomic mass is 10.1. The van der Waals surface area contributed by atoms with Crippen molar-refractivity contribution < 1.29 is 19.1 Å². The van der Waals surface area contributed by atoms with Crippen LogP contribution in [0.1, 0.15) is 43.2 Å². The number of benzene rings is 2. The van der Waals surface area contributed by atoms with Crippen LogP contribution in [0.15, 0.2) is 64.8 Å². The molecule has 0 aliphatic carbocycles. The molecular weight excluding hydrogens is 434 g/mol.